The van der Waals surface area contributed by atoms with Crippen LogP contribution in [0, 0.1) is 0 Å². The first-order valence-electron chi connectivity index (χ1n) is 4.93. The van der Waals surface area contributed by atoms with Crippen LogP contribution in [0.4, 0.5) is 4.79 Å². The van der Waals surface area contributed by atoms with Crippen molar-refractivity contribution in [1.82, 2.24) is 5.32 Å². The van der Waals surface area contributed by atoms with E-state index >= 15 is 0 Å². The van der Waals surface area contributed by atoms with Crippen molar-refractivity contribution in [1.29, 1.82) is 0 Å². The average molecular weight is 208 g/mol. The molecule has 0 aromatic heterocycles. The third-order valence-electron chi connectivity index (χ3n) is 1.97. The molecule has 0 heterocycles. The summed E-state index contributed by atoms with van der Waals surface area (Å²) in [6.45, 7) is 2.67. The van der Waals surface area contributed by atoms with Gasteiger partial charge in [-0.2, -0.15) is 0 Å². The lowest BCUT2D eigenvalue weighted by Gasteiger charge is -2.13. The lowest BCUT2D eigenvalue weighted by molar-refractivity contribution is 0.107. The van der Waals surface area contributed by atoms with Crippen LogP contribution in [0.1, 0.15) is 18.6 Å². The second kappa shape index (κ2) is 6.03. The highest BCUT2D eigenvalue weighted by Gasteiger charge is 2.09. The first-order valence-corrected chi connectivity index (χ1v) is 4.93. The summed E-state index contributed by atoms with van der Waals surface area (Å²) in [6.07, 6.45) is -0.680. The van der Waals surface area contributed by atoms with Crippen LogP contribution >= 0.6 is 0 Å². The van der Waals surface area contributed by atoms with Crippen LogP contribution in [0.2, 0.25) is 0 Å². The van der Waals surface area contributed by atoms with Crippen LogP contribution in [-0.2, 0) is 4.74 Å². The number of amides is 1. The van der Waals surface area contributed by atoms with Crippen LogP contribution in [0.3, 0.4) is 0 Å². The predicted molar refractivity (Wildman–Crippen MR) is 58.4 cm³/mol. The first kappa shape index (κ1) is 11.5. The van der Waals surface area contributed by atoms with Crippen molar-refractivity contribution >= 4 is 6.09 Å². The average Bonchev–Trinajstić information content (AvgIpc) is 2.27. The van der Waals surface area contributed by atoms with Crippen LogP contribution in [-0.4, -0.2) is 19.2 Å². The van der Waals surface area contributed by atoms with Gasteiger partial charge in [0.1, 0.15) is 6.10 Å². The molecule has 0 saturated heterocycles. The molecule has 1 amide bonds. The van der Waals surface area contributed by atoms with Gasteiger partial charge in [0.25, 0.3) is 0 Å². The maximum atomic E-state index is 11.2. The van der Waals surface area contributed by atoms with E-state index < -0.39 is 6.09 Å². The van der Waals surface area contributed by atoms with Gasteiger partial charge in [-0.1, -0.05) is 30.3 Å². The van der Waals surface area contributed by atoms with Crippen molar-refractivity contribution in [3.8, 4) is 0 Å². The Labute approximate surface area is 89.4 Å². The first-order chi connectivity index (χ1) is 7.24. The van der Waals surface area contributed by atoms with Crippen molar-refractivity contribution in [2.75, 3.05) is 13.1 Å². The Bertz CT molecular complexity index is 301. The van der Waals surface area contributed by atoms with E-state index in [1.54, 1.807) is 0 Å². The Morgan fingerprint density at radius 2 is 2.13 bits per heavy atom. The number of nitrogens with one attached hydrogen (secondary N) is 1. The quantitative estimate of drug-likeness (QED) is 0.786. The van der Waals surface area contributed by atoms with Gasteiger partial charge in [-0.25, -0.2) is 4.79 Å². The largest absolute Gasteiger partial charge is 0.442 e. The molecule has 1 aromatic carbocycles. The highest BCUT2D eigenvalue weighted by Crippen LogP contribution is 2.15. The number of nitrogens with two attached hydrogens (primary N) is 1. The summed E-state index contributed by atoms with van der Waals surface area (Å²) in [5, 5.41) is 2.55. The van der Waals surface area contributed by atoms with Crippen molar-refractivity contribution in [3.63, 3.8) is 0 Å². The molecule has 15 heavy (non-hydrogen) atoms. The Kier molecular flexibility index (Phi) is 4.63. The molecule has 0 aliphatic rings. The molecular weight excluding hydrogens is 192 g/mol. The van der Waals surface area contributed by atoms with E-state index in [2.05, 4.69) is 5.32 Å². The normalized spacial score (nSPS) is 11.9. The number of carbonyl (C=O) groups excluding carboxylic acids is 1. The SMILES string of the molecule is CC(OC(=O)NCCN)c1ccccc1. The number of benzene rings is 1. The number of ether oxygens (including phenoxy) is 1. The third-order valence-corrected chi connectivity index (χ3v) is 1.97. The molecule has 1 aromatic rings. The van der Waals surface area contributed by atoms with Crippen molar-refractivity contribution in [3.05, 3.63) is 35.9 Å². The van der Waals surface area contributed by atoms with Gasteiger partial charge in [0, 0.05) is 13.1 Å². The molecule has 0 aliphatic carbocycles. The van der Waals surface area contributed by atoms with Gasteiger partial charge in [0.15, 0.2) is 0 Å². The van der Waals surface area contributed by atoms with E-state index in [9.17, 15) is 4.79 Å². The standard InChI is InChI=1S/C11H16N2O2/c1-9(10-5-3-2-4-6-10)15-11(14)13-8-7-12/h2-6,9H,7-8,12H2,1H3,(H,13,14). The highest BCUT2D eigenvalue weighted by atomic mass is 16.6. The van der Waals surface area contributed by atoms with E-state index in [1.165, 1.54) is 0 Å². The molecule has 0 radical (unpaired) electrons. The van der Waals surface area contributed by atoms with E-state index in [-0.39, 0.29) is 6.10 Å². The molecule has 0 aliphatic heterocycles. The van der Waals surface area contributed by atoms with E-state index in [1.807, 2.05) is 37.3 Å². The minimum atomic E-state index is -0.434. The molecule has 0 spiro atoms. The second-order valence-corrected chi connectivity index (χ2v) is 3.17. The van der Waals surface area contributed by atoms with Gasteiger partial charge in [0.05, 0.1) is 0 Å². The molecule has 3 N–H and O–H groups in total. The molecule has 4 nitrogen and oxygen atoms in total. The van der Waals surface area contributed by atoms with Crippen LogP contribution in [0.25, 0.3) is 0 Å². The summed E-state index contributed by atoms with van der Waals surface area (Å²) in [6, 6.07) is 9.58. The minimum absolute atomic E-state index is 0.246. The summed E-state index contributed by atoms with van der Waals surface area (Å²) in [5.41, 5.74) is 6.22. The summed E-state index contributed by atoms with van der Waals surface area (Å²) >= 11 is 0. The van der Waals surface area contributed by atoms with E-state index in [0.29, 0.717) is 13.1 Å². The predicted octanol–water partition coefficient (Wildman–Crippen LogP) is 1.43. The van der Waals surface area contributed by atoms with Crippen LogP contribution in [0.15, 0.2) is 30.3 Å². The molecule has 1 atom stereocenters. The van der Waals surface area contributed by atoms with Gasteiger partial charge in [0.2, 0.25) is 0 Å². The summed E-state index contributed by atoms with van der Waals surface area (Å²) in [4.78, 5) is 11.2. The molecule has 0 bridgehead atoms. The number of carbonyl (C=O) groups is 1. The molecule has 4 heteroatoms. The van der Waals surface area contributed by atoms with Crippen molar-refractivity contribution in [2.24, 2.45) is 5.73 Å². The fourth-order valence-electron chi connectivity index (χ4n) is 1.17. The minimum Gasteiger partial charge on any atom is -0.442 e. The summed E-state index contributed by atoms with van der Waals surface area (Å²) in [7, 11) is 0. The Morgan fingerprint density at radius 1 is 1.47 bits per heavy atom. The fourth-order valence-corrected chi connectivity index (χ4v) is 1.17. The van der Waals surface area contributed by atoms with E-state index in [4.69, 9.17) is 10.5 Å². The Balaban J connectivity index is 2.42. The monoisotopic (exact) mass is 208 g/mol. The molecule has 1 rings (SSSR count). The van der Waals surface area contributed by atoms with Gasteiger partial charge in [-0.15, -0.1) is 0 Å². The van der Waals surface area contributed by atoms with Gasteiger partial charge >= 0.3 is 6.09 Å². The second-order valence-electron chi connectivity index (χ2n) is 3.17. The molecule has 1 unspecified atom stereocenters. The number of hydrogen-bond donors (Lipinski definition) is 2. The van der Waals surface area contributed by atoms with Crippen molar-refractivity contribution < 1.29 is 9.53 Å². The van der Waals surface area contributed by atoms with Crippen LogP contribution in [0.5, 0.6) is 0 Å². The molecular formula is C11H16N2O2. The zero-order valence-corrected chi connectivity index (χ0v) is 8.77. The highest BCUT2D eigenvalue weighted by molar-refractivity contribution is 5.67. The number of alkyl carbamates (subject to hydrolysis) is 1. The summed E-state index contributed by atoms with van der Waals surface area (Å²) < 4.78 is 5.13. The maximum Gasteiger partial charge on any atom is 0.407 e. The lowest BCUT2D eigenvalue weighted by Crippen LogP contribution is -2.30. The Hall–Kier alpha value is -1.55. The van der Waals surface area contributed by atoms with Gasteiger partial charge < -0.3 is 15.8 Å². The maximum absolute atomic E-state index is 11.2. The zero-order valence-electron chi connectivity index (χ0n) is 8.77. The third kappa shape index (κ3) is 3.99. The van der Waals surface area contributed by atoms with Gasteiger partial charge in [-0.3, -0.25) is 0 Å². The lowest BCUT2D eigenvalue weighted by atomic mass is 10.1. The Morgan fingerprint density at radius 3 is 2.73 bits per heavy atom. The number of rotatable bonds is 4. The molecule has 82 valence electrons. The van der Waals surface area contributed by atoms with Crippen molar-refractivity contribution in [2.45, 2.75) is 13.0 Å². The number of hydrogen-bond acceptors (Lipinski definition) is 3. The topological polar surface area (TPSA) is 64.3 Å². The smallest absolute Gasteiger partial charge is 0.407 e. The fraction of sp³-hybridized carbons (Fsp3) is 0.364. The molecule has 0 saturated carbocycles. The zero-order chi connectivity index (χ0) is 11.1. The van der Waals surface area contributed by atoms with Crippen LogP contribution < -0.4 is 11.1 Å². The van der Waals surface area contributed by atoms with Gasteiger partial charge in [-0.05, 0) is 12.5 Å². The summed E-state index contributed by atoms with van der Waals surface area (Å²) in [5.74, 6) is 0. The van der Waals surface area contributed by atoms with E-state index in [0.717, 1.165) is 5.56 Å². The molecule has 0 fully saturated rings.